The predicted octanol–water partition coefficient (Wildman–Crippen LogP) is 6.30. The van der Waals surface area contributed by atoms with Gasteiger partial charge in [-0.15, -0.1) is 0 Å². The third kappa shape index (κ3) is 6.19. The topological polar surface area (TPSA) is 51.7 Å². The minimum Gasteiger partial charge on any atom is -0.369 e. The minimum atomic E-state index is -0.0940. The first kappa shape index (κ1) is 25.1. The van der Waals surface area contributed by atoms with Crippen LogP contribution in [0.25, 0.3) is 11.3 Å². The van der Waals surface area contributed by atoms with E-state index >= 15 is 0 Å². The summed E-state index contributed by atoms with van der Waals surface area (Å²) in [5.41, 5.74) is 7.56. The number of aryl methyl sites for hydroxylation is 1. The average molecular weight is 534 g/mol. The fourth-order valence-electron chi connectivity index (χ4n) is 4.52. The molecule has 0 radical (unpaired) electrons. The molecule has 1 saturated heterocycles. The molecule has 2 aliphatic heterocycles. The molecule has 0 aromatic heterocycles. The minimum absolute atomic E-state index is 0.0940. The largest absolute Gasteiger partial charge is 0.369 e. The quantitative estimate of drug-likeness (QED) is 0.299. The number of nitrogens with one attached hydrogen (secondary N) is 1. The maximum absolute atomic E-state index is 12.7. The number of fused-ring (bicyclic) bond motifs is 1. The van der Waals surface area contributed by atoms with E-state index in [4.69, 9.17) is 4.99 Å². The van der Waals surface area contributed by atoms with Crippen molar-refractivity contribution in [1.29, 1.82) is 0 Å². The van der Waals surface area contributed by atoms with Crippen molar-refractivity contribution in [2.45, 2.75) is 27.7 Å². The Morgan fingerprint density at radius 3 is 2.51 bits per heavy atom. The Bertz CT molecular complexity index is 1310. The Morgan fingerprint density at radius 1 is 1.03 bits per heavy atom. The number of aromatic amines is 1. The van der Waals surface area contributed by atoms with Gasteiger partial charge >= 0.3 is 0 Å². The zero-order chi connectivity index (χ0) is 24.9. The predicted molar refractivity (Wildman–Crippen MR) is 152 cm³/mol. The van der Waals surface area contributed by atoms with Crippen LogP contribution in [0.2, 0.25) is 0 Å². The molecule has 6 heteroatoms. The van der Waals surface area contributed by atoms with Crippen LogP contribution in [-0.4, -0.2) is 48.3 Å². The molecule has 0 bridgehead atoms. The summed E-state index contributed by atoms with van der Waals surface area (Å²) in [4.78, 5) is 25.5. The number of piperazine rings is 1. The van der Waals surface area contributed by atoms with E-state index in [1.165, 1.54) is 11.3 Å². The van der Waals surface area contributed by atoms with Crippen LogP contribution in [0.3, 0.4) is 0 Å². The van der Waals surface area contributed by atoms with Crippen molar-refractivity contribution in [2.75, 3.05) is 37.6 Å². The van der Waals surface area contributed by atoms with Crippen molar-refractivity contribution in [3.05, 3.63) is 92.2 Å². The molecule has 2 heterocycles. The molecule has 35 heavy (non-hydrogen) atoms. The molecule has 0 atom stereocenters. The molecule has 3 aliphatic rings. The Kier molecular flexibility index (Phi) is 8.04. The van der Waals surface area contributed by atoms with Crippen molar-refractivity contribution in [3.8, 4) is 11.3 Å². The molecule has 5 nitrogen and oxygen atoms in total. The SMILES string of the molecule is CC(=Nc1cc(N2CCN(C/C(C)=C/C=C(\C)Br)CC2)ccc1C)c1c2cccccc-2[nH]c1=O. The van der Waals surface area contributed by atoms with Crippen molar-refractivity contribution in [3.63, 3.8) is 0 Å². The van der Waals surface area contributed by atoms with Gasteiger partial charge in [0.15, 0.2) is 0 Å². The van der Waals surface area contributed by atoms with Crippen LogP contribution in [0, 0.1) is 6.92 Å². The summed E-state index contributed by atoms with van der Waals surface area (Å²) < 4.78 is 1.14. The first-order valence-corrected chi connectivity index (χ1v) is 12.9. The lowest BCUT2D eigenvalue weighted by Gasteiger charge is -2.36. The van der Waals surface area contributed by atoms with Crippen molar-refractivity contribution >= 4 is 33.0 Å². The van der Waals surface area contributed by atoms with Crippen molar-refractivity contribution in [2.24, 2.45) is 4.99 Å². The van der Waals surface area contributed by atoms with Gasteiger partial charge in [0.25, 0.3) is 5.56 Å². The highest BCUT2D eigenvalue weighted by molar-refractivity contribution is 9.11. The first-order valence-electron chi connectivity index (χ1n) is 12.1. The Balaban J connectivity index is 1.51. The Morgan fingerprint density at radius 2 is 1.77 bits per heavy atom. The van der Waals surface area contributed by atoms with E-state index in [0.29, 0.717) is 5.56 Å². The Hall–Kier alpha value is -2.96. The second-order valence-corrected chi connectivity index (χ2v) is 10.5. The van der Waals surface area contributed by atoms with Gasteiger partial charge < -0.3 is 9.88 Å². The monoisotopic (exact) mass is 532 g/mol. The van der Waals surface area contributed by atoms with Crippen LogP contribution in [-0.2, 0) is 0 Å². The number of hydrogen-bond donors (Lipinski definition) is 1. The van der Waals surface area contributed by atoms with Crippen LogP contribution >= 0.6 is 15.9 Å². The number of rotatable bonds is 6. The summed E-state index contributed by atoms with van der Waals surface area (Å²) in [7, 11) is 0. The van der Waals surface area contributed by atoms with Gasteiger partial charge in [0.2, 0.25) is 0 Å². The molecule has 1 aromatic carbocycles. The zero-order valence-electron chi connectivity index (χ0n) is 20.9. The van der Waals surface area contributed by atoms with Crippen molar-refractivity contribution < 1.29 is 0 Å². The molecule has 1 N–H and O–H groups in total. The number of aliphatic imine (C=N–C) groups is 1. The summed E-state index contributed by atoms with van der Waals surface area (Å²) in [6.45, 7) is 13.2. The number of H-pyrrole nitrogens is 1. The summed E-state index contributed by atoms with van der Waals surface area (Å²) in [5.74, 6) is 0. The molecule has 0 amide bonds. The van der Waals surface area contributed by atoms with Crippen LogP contribution in [0.5, 0.6) is 0 Å². The molecule has 4 rings (SSSR count). The van der Waals surface area contributed by atoms with E-state index in [1.54, 1.807) is 0 Å². The molecule has 1 fully saturated rings. The van der Waals surface area contributed by atoms with E-state index in [1.807, 2.05) is 44.2 Å². The van der Waals surface area contributed by atoms with Gasteiger partial charge in [-0.3, -0.25) is 14.7 Å². The number of halogens is 1. The number of anilines is 1. The average Bonchev–Trinajstić information content (AvgIpc) is 2.97. The molecular weight excluding hydrogens is 500 g/mol. The molecule has 1 aromatic rings. The van der Waals surface area contributed by atoms with Gasteiger partial charge in [-0.2, -0.15) is 0 Å². The van der Waals surface area contributed by atoms with Crippen LogP contribution < -0.4 is 10.5 Å². The highest BCUT2D eigenvalue weighted by atomic mass is 79.9. The van der Waals surface area contributed by atoms with Crippen LogP contribution in [0.1, 0.15) is 31.9 Å². The van der Waals surface area contributed by atoms with Gasteiger partial charge in [0.1, 0.15) is 0 Å². The summed E-state index contributed by atoms with van der Waals surface area (Å²) >= 11 is 3.48. The molecular formula is C29H33BrN4O. The number of nitrogens with zero attached hydrogens (tertiary/aromatic N) is 3. The van der Waals surface area contributed by atoms with E-state index in [0.717, 1.165) is 65.4 Å². The second kappa shape index (κ2) is 11.2. The van der Waals surface area contributed by atoms with Gasteiger partial charge in [-0.05, 0) is 55.9 Å². The molecule has 0 unspecified atom stereocenters. The summed E-state index contributed by atoms with van der Waals surface area (Å²) in [6.07, 6.45) is 4.29. The third-order valence-corrected chi connectivity index (χ3v) is 6.70. The van der Waals surface area contributed by atoms with E-state index in [9.17, 15) is 4.79 Å². The van der Waals surface area contributed by atoms with Gasteiger partial charge in [-0.1, -0.05) is 64.0 Å². The second-order valence-electron chi connectivity index (χ2n) is 9.26. The van der Waals surface area contributed by atoms with Gasteiger partial charge in [-0.25, -0.2) is 0 Å². The van der Waals surface area contributed by atoms with Crippen LogP contribution in [0.15, 0.2) is 80.5 Å². The van der Waals surface area contributed by atoms with Gasteiger partial charge in [0.05, 0.1) is 17.0 Å². The maximum Gasteiger partial charge on any atom is 0.258 e. The highest BCUT2D eigenvalue weighted by Gasteiger charge is 2.19. The van der Waals surface area contributed by atoms with Crippen LogP contribution in [0.4, 0.5) is 11.4 Å². The molecule has 1 aliphatic carbocycles. The number of benzene rings is 1. The smallest absolute Gasteiger partial charge is 0.258 e. The lowest BCUT2D eigenvalue weighted by molar-refractivity contribution is 0.278. The number of allylic oxidation sites excluding steroid dienone is 3. The summed E-state index contributed by atoms with van der Waals surface area (Å²) in [6, 6.07) is 16.2. The third-order valence-electron chi connectivity index (χ3n) is 6.43. The lowest BCUT2D eigenvalue weighted by atomic mass is 10.1. The van der Waals surface area contributed by atoms with E-state index in [2.05, 4.69) is 74.9 Å². The summed E-state index contributed by atoms with van der Waals surface area (Å²) in [5, 5.41) is 0. The molecule has 0 saturated carbocycles. The lowest BCUT2D eigenvalue weighted by Crippen LogP contribution is -2.46. The first-order chi connectivity index (χ1) is 16.8. The van der Waals surface area contributed by atoms with E-state index < -0.39 is 0 Å². The maximum atomic E-state index is 12.7. The number of aromatic nitrogens is 1. The fraction of sp³-hybridized carbons (Fsp3) is 0.310. The van der Waals surface area contributed by atoms with Crippen molar-refractivity contribution in [1.82, 2.24) is 9.88 Å². The van der Waals surface area contributed by atoms with Gasteiger partial charge in [0, 0.05) is 49.7 Å². The standard InChI is InChI=1S/C29H33BrN4O/c1-20(10-12-22(3)30)19-33-14-16-34(17-15-33)24-13-11-21(2)27(18-24)31-23(4)28-25-8-6-5-7-9-26(25)32-29(28)35/h5-13,18H,14-17,19H2,1-4H3,(H,32,35)/b20-10+,22-12+,31-23?. The highest BCUT2D eigenvalue weighted by Crippen LogP contribution is 2.29. The number of hydrogen-bond acceptors (Lipinski definition) is 4. The molecule has 182 valence electrons. The van der Waals surface area contributed by atoms with E-state index in [-0.39, 0.29) is 5.56 Å². The fourth-order valence-corrected chi connectivity index (χ4v) is 4.65. The zero-order valence-corrected chi connectivity index (χ0v) is 22.5. The Labute approximate surface area is 216 Å². The normalized spacial score (nSPS) is 16.3. The molecule has 0 spiro atoms.